The number of H-pyrrole nitrogens is 1. The van der Waals surface area contributed by atoms with E-state index in [1.54, 1.807) is 11.3 Å². The maximum absolute atomic E-state index is 4.28. The van der Waals surface area contributed by atoms with Crippen molar-refractivity contribution in [2.45, 2.75) is 26.4 Å². The smallest absolute Gasteiger partial charge is 0.184 e. The molecule has 0 bridgehead atoms. The highest BCUT2D eigenvalue weighted by atomic mass is 32.1. The summed E-state index contributed by atoms with van der Waals surface area (Å²) in [7, 11) is 0. The van der Waals surface area contributed by atoms with E-state index in [9.17, 15) is 0 Å². The molecule has 2 aromatic rings. The first kappa shape index (κ1) is 10.3. The molecule has 2 heterocycles. The van der Waals surface area contributed by atoms with Crippen molar-refractivity contribution in [3.05, 3.63) is 17.4 Å². The fourth-order valence-electron chi connectivity index (χ4n) is 1.11. The van der Waals surface area contributed by atoms with E-state index in [-0.39, 0.29) is 0 Å². The first-order valence-corrected chi connectivity index (χ1v) is 5.61. The molecule has 0 radical (unpaired) electrons. The van der Waals surface area contributed by atoms with Crippen molar-refractivity contribution in [1.82, 2.24) is 25.5 Å². The molecule has 0 atom stereocenters. The number of hydrogen-bond donors (Lipinski definition) is 2. The minimum atomic E-state index is 0.487. The molecule has 2 rings (SSSR count). The number of aromatic amines is 1. The van der Waals surface area contributed by atoms with Crippen LogP contribution in [0.15, 0.2) is 12.5 Å². The van der Waals surface area contributed by atoms with Crippen LogP contribution in [0.25, 0.3) is 10.8 Å². The van der Waals surface area contributed by atoms with Crippen LogP contribution < -0.4 is 5.32 Å². The van der Waals surface area contributed by atoms with E-state index in [0.717, 1.165) is 17.4 Å². The van der Waals surface area contributed by atoms with Gasteiger partial charge in [-0.1, -0.05) is 13.8 Å². The lowest BCUT2D eigenvalue weighted by molar-refractivity contribution is 0.593. The largest absolute Gasteiger partial charge is 0.310 e. The minimum absolute atomic E-state index is 0.487. The third-order valence-electron chi connectivity index (χ3n) is 1.86. The number of nitrogens with one attached hydrogen (secondary N) is 2. The van der Waals surface area contributed by atoms with Gasteiger partial charge >= 0.3 is 0 Å². The Morgan fingerprint density at radius 3 is 3.00 bits per heavy atom. The second-order valence-corrected chi connectivity index (χ2v) is 4.62. The zero-order valence-corrected chi connectivity index (χ0v) is 9.51. The van der Waals surface area contributed by atoms with Crippen molar-refractivity contribution in [3.63, 3.8) is 0 Å². The summed E-state index contributed by atoms with van der Waals surface area (Å²) < 4.78 is 0. The van der Waals surface area contributed by atoms with Crippen molar-refractivity contribution < 1.29 is 0 Å². The molecular weight excluding hydrogens is 210 g/mol. The van der Waals surface area contributed by atoms with E-state index in [4.69, 9.17) is 0 Å². The van der Waals surface area contributed by atoms with Crippen molar-refractivity contribution in [2.75, 3.05) is 0 Å². The van der Waals surface area contributed by atoms with Crippen LogP contribution in [0.2, 0.25) is 0 Å². The Balaban J connectivity index is 2.04. The summed E-state index contributed by atoms with van der Waals surface area (Å²) in [6, 6.07) is 0.487. The normalized spacial score (nSPS) is 11.1. The molecule has 0 aliphatic heterocycles. The quantitative estimate of drug-likeness (QED) is 0.822. The third-order valence-corrected chi connectivity index (χ3v) is 2.86. The minimum Gasteiger partial charge on any atom is -0.310 e. The average molecular weight is 223 g/mol. The van der Waals surface area contributed by atoms with Gasteiger partial charge in [0, 0.05) is 23.7 Å². The molecule has 2 N–H and O–H groups in total. The summed E-state index contributed by atoms with van der Waals surface area (Å²) in [5.74, 6) is 0.732. The molecule has 2 aromatic heterocycles. The van der Waals surface area contributed by atoms with Crippen molar-refractivity contribution in [1.29, 1.82) is 0 Å². The van der Waals surface area contributed by atoms with Crippen LogP contribution in [0.4, 0.5) is 0 Å². The first-order chi connectivity index (χ1) is 7.25. The molecular formula is C9H13N5S. The van der Waals surface area contributed by atoms with Gasteiger partial charge in [0.05, 0.1) is 0 Å². The lowest BCUT2D eigenvalue weighted by Crippen LogP contribution is -2.21. The molecule has 80 valence electrons. The first-order valence-electron chi connectivity index (χ1n) is 4.79. The molecule has 6 heteroatoms. The van der Waals surface area contributed by atoms with E-state index in [1.165, 1.54) is 11.2 Å². The number of rotatable bonds is 4. The summed E-state index contributed by atoms with van der Waals surface area (Å²) in [6.07, 6.45) is 3.36. The van der Waals surface area contributed by atoms with Gasteiger partial charge in [0.2, 0.25) is 0 Å². The fraction of sp³-hybridized carbons (Fsp3) is 0.444. The zero-order chi connectivity index (χ0) is 10.7. The van der Waals surface area contributed by atoms with E-state index in [1.807, 2.05) is 6.20 Å². The van der Waals surface area contributed by atoms with Gasteiger partial charge in [-0.3, -0.25) is 5.10 Å². The number of thiazole rings is 1. The maximum Gasteiger partial charge on any atom is 0.184 e. The predicted molar refractivity (Wildman–Crippen MR) is 59.5 cm³/mol. The summed E-state index contributed by atoms with van der Waals surface area (Å²) in [6.45, 7) is 5.10. The van der Waals surface area contributed by atoms with Gasteiger partial charge in [0.15, 0.2) is 10.8 Å². The fourth-order valence-corrected chi connectivity index (χ4v) is 1.92. The second kappa shape index (κ2) is 4.50. The monoisotopic (exact) mass is 223 g/mol. The maximum atomic E-state index is 4.28. The molecule has 0 amide bonds. The molecule has 0 aliphatic carbocycles. The predicted octanol–water partition coefficient (Wildman–Crippen LogP) is 1.43. The van der Waals surface area contributed by atoms with Crippen LogP contribution in [0, 0.1) is 0 Å². The van der Waals surface area contributed by atoms with Crippen LogP contribution >= 0.6 is 11.3 Å². The highest BCUT2D eigenvalue weighted by molar-refractivity contribution is 7.14. The van der Waals surface area contributed by atoms with Crippen LogP contribution in [0.3, 0.4) is 0 Å². The molecule has 0 fully saturated rings. The molecule has 0 spiro atoms. The van der Waals surface area contributed by atoms with Gasteiger partial charge in [0.25, 0.3) is 0 Å². The summed E-state index contributed by atoms with van der Waals surface area (Å²) in [4.78, 5) is 9.54. The van der Waals surface area contributed by atoms with Crippen molar-refractivity contribution in [3.8, 4) is 10.8 Å². The Morgan fingerprint density at radius 2 is 2.33 bits per heavy atom. The molecule has 0 saturated heterocycles. The van der Waals surface area contributed by atoms with Crippen LogP contribution in [0.1, 0.15) is 18.7 Å². The van der Waals surface area contributed by atoms with E-state index < -0.39 is 0 Å². The van der Waals surface area contributed by atoms with E-state index >= 15 is 0 Å². The molecule has 5 nitrogen and oxygen atoms in total. The SMILES string of the molecule is CC(C)NCc1cnc(-c2ncn[nH]2)s1. The Hall–Kier alpha value is -1.27. The lowest BCUT2D eigenvalue weighted by atomic mass is 10.4. The standard InChI is InChI=1S/C9H13N5S/c1-6(2)10-3-7-4-11-9(15-7)8-12-5-13-14-8/h4-6,10H,3H2,1-2H3,(H,12,13,14). The van der Waals surface area contributed by atoms with Gasteiger partial charge in [-0.05, 0) is 0 Å². The van der Waals surface area contributed by atoms with Crippen molar-refractivity contribution in [2.24, 2.45) is 0 Å². The van der Waals surface area contributed by atoms with Gasteiger partial charge in [0.1, 0.15) is 6.33 Å². The number of aromatic nitrogens is 4. The van der Waals surface area contributed by atoms with Gasteiger partial charge in [-0.25, -0.2) is 9.97 Å². The molecule has 15 heavy (non-hydrogen) atoms. The Morgan fingerprint density at radius 1 is 1.47 bits per heavy atom. The summed E-state index contributed by atoms with van der Waals surface area (Å²) in [5, 5.41) is 10.8. The van der Waals surface area contributed by atoms with Crippen LogP contribution in [0.5, 0.6) is 0 Å². The van der Waals surface area contributed by atoms with Gasteiger partial charge in [-0.2, -0.15) is 5.10 Å². The molecule has 0 unspecified atom stereocenters. The average Bonchev–Trinajstić information content (AvgIpc) is 2.85. The summed E-state index contributed by atoms with van der Waals surface area (Å²) >= 11 is 1.63. The van der Waals surface area contributed by atoms with Gasteiger partial charge < -0.3 is 5.32 Å². The Kier molecular flexibility index (Phi) is 3.08. The van der Waals surface area contributed by atoms with E-state index in [2.05, 4.69) is 39.3 Å². The van der Waals surface area contributed by atoms with Crippen LogP contribution in [-0.4, -0.2) is 26.2 Å². The Labute approximate surface area is 92.0 Å². The van der Waals surface area contributed by atoms with Gasteiger partial charge in [-0.15, -0.1) is 11.3 Å². The highest BCUT2D eigenvalue weighted by Crippen LogP contribution is 2.21. The lowest BCUT2D eigenvalue weighted by Gasteiger charge is -2.04. The van der Waals surface area contributed by atoms with Crippen LogP contribution in [-0.2, 0) is 6.54 Å². The second-order valence-electron chi connectivity index (χ2n) is 3.50. The van der Waals surface area contributed by atoms with Crippen molar-refractivity contribution >= 4 is 11.3 Å². The number of hydrogen-bond acceptors (Lipinski definition) is 5. The topological polar surface area (TPSA) is 66.5 Å². The molecule has 0 aromatic carbocycles. The Bertz CT molecular complexity index is 406. The van der Waals surface area contributed by atoms with E-state index in [0.29, 0.717) is 6.04 Å². The number of nitrogens with zero attached hydrogens (tertiary/aromatic N) is 3. The third kappa shape index (κ3) is 2.60. The summed E-state index contributed by atoms with van der Waals surface area (Å²) in [5.41, 5.74) is 0. The highest BCUT2D eigenvalue weighted by Gasteiger charge is 2.06. The molecule has 0 saturated carbocycles. The zero-order valence-electron chi connectivity index (χ0n) is 8.69. The molecule has 0 aliphatic rings.